The Morgan fingerprint density at radius 3 is 2.18 bits per heavy atom. The van der Waals surface area contributed by atoms with Crippen molar-refractivity contribution in [1.29, 1.82) is 0 Å². The fourth-order valence-corrected chi connectivity index (χ4v) is 0.474. The van der Waals surface area contributed by atoms with Crippen molar-refractivity contribution in [1.82, 2.24) is 0 Å². The van der Waals surface area contributed by atoms with Crippen LogP contribution >= 0.6 is 12.4 Å². The highest BCUT2D eigenvalue weighted by molar-refractivity contribution is 5.85. The molecule has 5 heteroatoms. The summed E-state index contributed by atoms with van der Waals surface area (Å²) in [6, 6.07) is -0.685. The maximum atomic E-state index is 10.7. The van der Waals surface area contributed by atoms with E-state index in [4.69, 9.17) is 10.5 Å². The quantitative estimate of drug-likeness (QED) is 0.623. The van der Waals surface area contributed by atoms with Crippen molar-refractivity contribution in [3.05, 3.63) is 0 Å². The average molecular weight is 184 g/mol. The molecule has 0 aromatic carbocycles. The zero-order chi connectivity index (χ0) is 8.15. The summed E-state index contributed by atoms with van der Waals surface area (Å²) in [6.07, 6.45) is -0.299. The molecule has 0 spiro atoms. The molecule has 0 saturated heterocycles. The predicted molar refractivity (Wildman–Crippen MR) is 43.7 cm³/mol. The maximum Gasteiger partial charge on any atom is 0.325 e. The molecule has 2 N–H and O–H groups in total. The molecule has 0 aromatic rings. The molecule has 0 aromatic heterocycles. The van der Waals surface area contributed by atoms with Crippen LogP contribution in [0.3, 0.4) is 0 Å². The van der Waals surface area contributed by atoms with Gasteiger partial charge in [-0.1, -0.05) is 0 Å². The third-order valence-corrected chi connectivity index (χ3v) is 1.35. The molecule has 0 radical (unpaired) electrons. The van der Waals surface area contributed by atoms with Gasteiger partial charge in [-0.15, -0.1) is 12.4 Å². The summed E-state index contributed by atoms with van der Waals surface area (Å²) >= 11 is 0. The van der Waals surface area contributed by atoms with E-state index < -0.39 is 12.0 Å². The van der Waals surface area contributed by atoms with Gasteiger partial charge in [-0.05, 0) is 6.92 Å². The minimum absolute atomic E-state index is 0. The minimum atomic E-state index is -0.685. The van der Waals surface area contributed by atoms with Gasteiger partial charge in [0.1, 0.15) is 6.04 Å². The van der Waals surface area contributed by atoms with Gasteiger partial charge < -0.3 is 15.2 Å². The Morgan fingerprint density at radius 2 is 1.91 bits per heavy atom. The average Bonchev–Trinajstić information content (AvgIpc) is 2.00. The van der Waals surface area contributed by atoms with Gasteiger partial charge in [0, 0.05) is 7.11 Å². The summed E-state index contributed by atoms with van der Waals surface area (Å²) < 4.78 is 9.20. The largest absolute Gasteiger partial charge is 0.468 e. The first-order valence-electron chi connectivity index (χ1n) is 2.99. The smallest absolute Gasteiger partial charge is 0.325 e. The molecule has 68 valence electrons. The lowest BCUT2D eigenvalue weighted by atomic mass is 10.2. The Hall–Kier alpha value is -0.320. The van der Waals surface area contributed by atoms with Gasteiger partial charge in [0.05, 0.1) is 13.2 Å². The number of nitrogens with two attached hydrogens (primary N) is 1. The van der Waals surface area contributed by atoms with E-state index in [0.29, 0.717) is 0 Å². The summed E-state index contributed by atoms with van der Waals surface area (Å²) in [7, 11) is 2.79. The number of ether oxygens (including phenoxy) is 2. The normalized spacial score (nSPS) is 14.5. The Kier molecular flexibility index (Phi) is 7.72. The number of esters is 1. The molecule has 0 fully saturated rings. The molecule has 2 atom stereocenters. The number of carbonyl (C=O) groups is 1. The highest BCUT2D eigenvalue weighted by atomic mass is 35.5. The zero-order valence-electron chi connectivity index (χ0n) is 6.87. The monoisotopic (exact) mass is 183 g/mol. The molecule has 0 heterocycles. The summed E-state index contributed by atoms with van der Waals surface area (Å²) in [5.74, 6) is -0.450. The lowest BCUT2D eigenvalue weighted by Crippen LogP contribution is -2.41. The van der Waals surface area contributed by atoms with Crippen LogP contribution in [0.1, 0.15) is 6.92 Å². The molecule has 0 amide bonds. The van der Waals surface area contributed by atoms with Gasteiger partial charge in [-0.2, -0.15) is 0 Å². The first-order chi connectivity index (χ1) is 4.63. The van der Waals surface area contributed by atoms with Crippen LogP contribution < -0.4 is 5.73 Å². The molecule has 0 saturated carbocycles. The van der Waals surface area contributed by atoms with Crippen LogP contribution in [0.4, 0.5) is 0 Å². The second-order valence-corrected chi connectivity index (χ2v) is 1.99. The SMILES string of the molecule is COC(=O)[C@@H](N)[C@@H](C)OC.Cl. The molecule has 11 heavy (non-hydrogen) atoms. The summed E-state index contributed by atoms with van der Waals surface area (Å²) in [6.45, 7) is 1.71. The van der Waals surface area contributed by atoms with Crippen LogP contribution in [0.15, 0.2) is 0 Å². The first kappa shape index (κ1) is 13.3. The number of carbonyl (C=O) groups excluding carboxylic acids is 1. The van der Waals surface area contributed by atoms with Crippen LogP contribution in [-0.4, -0.2) is 32.3 Å². The van der Waals surface area contributed by atoms with Crippen molar-refractivity contribution < 1.29 is 14.3 Å². The van der Waals surface area contributed by atoms with Gasteiger partial charge in [0.25, 0.3) is 0 Å². The number of methoxy groups -OCH3 is 2. The van der Waals surface area contributed by atoms with E-state index in [1.165, 1.54) is 14.2 Å². The second-order valence-electron chi connectivity index (χ2n) is 1.99. The Bertz CT molecular complexity index is 120. The van der Waals surface area contributed by atoms with Crippen LogP contribution in [0.2, 0.25) is 0 Å². The van der Waals surface area contributed by atoms with E-state index in [2.05, 4.69) is 4.74 Å². The van der Waals surface area contributed by atoms with Crippen LogP contribution in [0, 0.1) is 0 Å². The molecular weight excluding hydrogens is 170 g/mol. The third-order valence-electron chi connectivity index (χ3n) is 1.35. The molecule has 0 unspecified atom stereocenters. The topological polar surface area (TPSA) is 61.5 Å². The van der Waals surface area contributed by atoms with Gasteiger partial charge in [0.2, 0.25) is 0 Å². The van der Waals surface area contributed by atoms with Crippen molar-refractivity contribution in [2.45, 2.75) is 19.1 Å². The molecular formula is C6H14ClNO3. The molecule has 0 aliphatic heterocycles. The fraction of sp³-hybridized carbons (Fsp3) is 0.833. The summed E-state index contributed by atoms with van der Waals surface area (Å²) in [5.41, 5.74) is 5.38. The fourth-order valence-electron chi connectivity index (χ4n) is 0.474. The second kappa shape index (κ2) is 6.39. The molecule has 4 nitrogen and oxygen atoms in total. The Labute approximate surface area is 72.4 Å². The van der Waals surface area contributed by atoms with E-state index in [1.54, 1.807) is 6.92 Å². The van der Waals surface area contributed by atoms with Crippen molar-refractivity contribution in [3.63, 3.8) is 0 Å². The van der Waals surface area contributed by atoms with E-state index >= 15 is 0 Å². The summed E-state index contributed by atoms with van der Waals surface area (Å²) in [5, 5.41) is 0. The van der Waals surface area contributed by atoms with Crippen LogP contribution in [0.5, 0.6) is 0 Å². The first-order valence-corrected chi connectivity index (χ1v) is 2.99. The molecule has 0 bridgehead atoms. The van der Waals surface area contributed by atoms with Gasteiger partial charge in [0.15, 0.2) is 0 Å². The van der Waals surface area contributed by atoms with Crippen molar-refractivity contribution in [3.8, 4) is 0 Å². The number of rotatable bonds is 3. The Balaban J connectivity index is 0. The van der Waals surface area contributed by atoms with Gasteiger partial charge in [-0.3, -0.25) is 4.79 Å². The van der Waals surface area contributed by atoms with E-state index in [9.17, 15) is 4.79 Å². The number of halogens is 1. The lowest BCUT2D eigenvalue weighted by molar-refractivity contribution is -0.145. The van der Waals surface area contributed by atoms with Crippen molar-refractivity contribution in [2.24, 2.45) is 5.73 Å². The summed E-state index contributed by atoms with van der Waals surface area (Å²) in [4.78, 5) is 10.7. The maximum absolute atomic E-state index is 10.7. The predicted octanol–water partition coefficient (Wildman–Crippen LogP) is -0.0566. The molecule has 0 rings (SSSR count). The van der Waals surface area contributed by atoms with E-state index in [1.807, 2.05) is 0 Å². The highest BCUT2D eigenvalue weighted by Gasteiger charge is 2.20. The lowest BCUT2D eigenvalue weighted by Gasteiger charge is -2.15. The van der Waals surface area contributed by atoms with E-state index in [-0.39, 0.29) is 18.5 Å². The zero-order valence-corrected chi connectivity index (χ0v) is 7.68. The third kappa shape index (κ3) is 4.19. The number of hydrogen-bond donors (Lipinski definition) is 1. The minimum Gasteiger partial charge on any atom is -0.468 e. The highest BCUT2D eigenvalue weighted by Crippen LogP contribution is 1.95. The van der Waals surface area contributed by atoms with Crippen LogP contribution in [-0.2, 0) is 14.3 Å². The van der Waals surface area contributed by atoms with Gasteiger partial charge in [-0.25, -0.2) is 0 Å². The number of hydrogen-bond acceptors (Lipinski definition) is 4. The van der Waals surface area contributed by atoms with Crippen molar-refractivity contribution in [2.75, 3.05) is 14.2 Å². The Morgan fingerprint density at radius 1 is 1.45 bits per heavy atom. The molecule has 0 aliphatic rings. The van der Waals surface area contributed by atoms with Gasteiger partial charge >= 0.3 is 5.97 Å². The molecule has 0 aliphatic carbocycles. The van der Waals surface area contributed by atoms with Crippen LogP contribution in [0.25, 0.3) is 0 Å². The standard InChI is InChI=1S/C6H13NO3.ClH/c1-4(9-2)5(7)6(8)10-3;/h4-5H,7H2,1-3H3;1H/t4-,5+;/m1./s1. The van der Waals surface area contributed by atoms with Crippen molar-refractivity contribution >= 4 is 18.4 Å². The van der Waals surface area contributed by atoms with E-state index in [0.717, 1.165) is 0 Å².